The molecule has 0 aliphatic carbocycles. The average Bonchev–Trinajstić information content (AvgIpc) is 1.78. The van der Waals surface area contributed by atoms with E-state index in [1.165, 1.54) is 13.0 Å². The Morgan fingerprint density at radius 2 is 2.18 bits per heavy atom. The van der Waals surface area contributed by atoms with Crippen LogP contribution in [0.2, 0.25) is 0 Å². The Bertz CT molecular complexity index is 106. The third-order valence-electron chi connectivity index (χ3n) is 2.25. The Morgan fingerprint density at radius 3 is 2.45 bits per heavy atom. The van der Waals surface area contributed by atoms with Gasteiger partial charge in [-0.3, -0.25) is 4.90 Å². The fraction of sp³-hybridized carbons (Fsp3) is 1.00. The van der Waals surface area contributed by atoms with Gasteiger partial charge in [0.15, 0.2) is 0 Å². The van der Waals surface area contributed by atoms with Gasteiger partial charge in [-0.05, 0) is 26.3 Å². The molecular weight excluding hydrogens is 163 g/mol. The molecule has 2 nitrogen and oxygen atoms in total. The molecule has 0 aromatic rings. The molecule has 0 saturated carbocycles. The first-order valence-corrected chi connectivity index (χ1v) is 4.07. The second-order valence-electron chi connectivity index (χ2n) is 3.27. The van der Waals surface area contributed by atoms with E-state index in [-0.39, 0.29) is 51.4 Å². The molecule has 1 aliphatic heterocycles. The van der Waals surface area contributed by atoms with Crippen LogP contribution in [0, 0.1) is 0 Å². The number of hydrogen-bond donors (Lipinski definition) is 0. The van der Waals surface area contributed by atoms with Crippen LogP contribution in [0.15, 0.2) is 0 Å². The molecule has 3 heteroatoms. The van der Waals surface area contributed by atoms with Gasteiger partial charge in [0, 0.05) is 12.6 Å². The zero-order valence-electron chi connectivity index (χ0n) is 8.17. The first-order chi connectivity index (χ1) is 4.75. The van der Waals surface area contributed by atoms with Gasteiger partial charge in [0.1, 0.15) is 0 Å². The molecule has 1 fully saturated rings. The van der Waals surface area contributed by atoms with Crippen molar-refractivity contribution in [2.75, 3.05) is 20.1 Å². The molecule has 1 rings (SSSR count). The Kier molecular flexibility index (Phi) is 6.94. The maximum absolute atomic E-state index is 4.15. The van der Waals surface area contributed by atoms with Crippen LogP contribution in [0.25, 0.3) is 5.32 Å². The summed E-state index contributed by atoms with van der Waals surface area (Å²) in [6, 6.07) is 1.46. The van der Waals surface area contributed by atoms with Gasteiger partial charge in [0.2, 0.25) is 0 Å². The van der Waals surface area contributed by atoms with Crippen molar-refractivity contribution < 1.29 is 51.4 Å². The second-order valence-corrected chi connectivity index (χ2v) is 3.27. The summed E-state index contributed by atoms with van der Waals surface area (Å²) in [6.45, 7) is 6.81. The average molecular weight is 180 g/mol. The first-order valence-electron chi connectivity index (χ1n) is 4.07. The van der Waals surface area contributed by atoms with Gasteiger partial charge >= 0.3 is 51.4 Å². The van der Waals surface area contributed by atoms with Gasteiger partial charge in [-0.2, -0.15) is 7.05 Å². The normalized spacial score (nSPS) is 24.5. The van der Waals surface area contributed by atoms with E-state index in [2.05, 4.69) is 24.1 Å². The van der Waals surface area contributed by atoms with E-state index in [1.807, 2.05) is 7.05 Å². The molecular formula is C8H17KN2. The van der Waals surface area contributed by atoms with Crippen molar-refractivity contribution in [3.63, 3.8) is 0 Å². The summed E-state index contributed by atoms with van der Waals surface area (Å²) in [6.07, 6.45) is 1.34. The Labute approximate surface area is 113 Å². The summed E-state index contributed by atoms with van der Waals surface area (Å²) in [5, 5.41) is 4.15. The molecule has 1 aliphatic rings. The molecule has 0 radical (unpaired) electrons. The predicted molar refractivity (Wildman–Crippen MR) is 44.4 cm³/mol. The molecule has 0 aromatic heterocycles. The minimum atomic E-state index is 0. The summed E-state index contributed by atoms with van der Waals surface area (Å²) in [7, 11) is 1.90. The maximum atomic E-state index is 4.15. The van der Waals surface area contributed by atoms with Gasteiger partial charge in [-0.25, -0.2) is 0 Å². The van der Waals surface area contributed by atoms with Crippen molar-refractivity contribution in [3.05, 3.63) is 5.32 Å². The zero-order valence-corrected chi connectivity index (χ0v) is 11.3. The van der Waals surface area contributed by atoms with E-state index >= 15 is 0 Å². The molecule has 0 spiro atoms. The molecule has 60 valence electrons. The number of hydrogen-bond acceptors (Lipinski definition) is 1. The Morgan fingerprint density at radius 1 is 1.55 bits per heavy atom. The largest absolute Gasteiger partial charge is 1.00 e. The number of nitrogens with zero attached hydrogens (tertiary/aromatic N) is 2. The summed E-state index contributed by atoms with van der Waals surface area (Å²) < 4.78 is 0. The monoisotopic (exact) mass is 180 g/mol. The van der Waals surface area contributed by atoms with Crippen LogP contribution in [-0.4, -0.2) is 37.1 Å². The smallest absolute Gasteiger partial charge is 0.664 e. The number of rotatable bonds is 3. The third-order valence-corrected chi connectivity index (χ3v) is 2.25. The van der Waals surface area contributed by atoms with Crippen LogP contribution in [0.4, 0.5) is 0 Å². The van der Waals surface area contributed by atoms with Crippen molar-refractivity contribution in [2.24, 2.45) is 0 Å². The van der Waals surface area contributed by atoms with Crippen LogP contribution < -0.4 is 51.4 Å². The van der Waals surface area contributed by atoms with Crippen molar-refractivity contribution in [1.29, 1.82) is 0 Å². The minimum absolute atomic E-state index is 0. The van der Waals surface area contributed by atoms with Crippen molar-refractivity contribution >= 4 is 0 Å². The SMILES string of the molecule is C[N-]CC1CCN1C(C)C.[K+]. The van der Waals surface area contributed by atoms with Crippen LogP contribution >= 0.6 is 0 Å². The summed E-state index contributed by atoms with van der Waals surface area (Å²) in [4.78, 5) is 2.51. The van der Waals surface area contributed by atoms with Crippen molar-refractivity contribution in [2.45, 2.75) is 32.4 Å². The van der Waals surface area contributed by atoms with Gasteiger partial charge in [0.05, 0.1) is 0 Å². The van der Waals surface area contributed by atoms with Crippen LogP contribution in [0.5, 0.6) is 0 Å². The molecule has 11 heavy (non-hydrogen) atoms. The topological polar surface area (TPSA) is 17.3 Å². The van der Waals surface area contributed by atoms with Gasteiger partial charge in [-0.15, -0.1) is 6.54 Å². The van der Waals surface area contributed by atoms with E-state index in [0.717, 1.165) is 12.6 Å². The fourth-order valence-electron chi connectivity index (χ4n) is 1.55. The van der Waals surface area contributed by atoms with Gasteiger partial charge in [-0.1, -0.05) is 0 Å². The standard InChI is InChI=1S/C8H17N2.K/c1-7(2)10-5-4-8(10)6-9-3;/h7-8H,4-6H2,1-3H3;/q-1;+1. The van der Waals surface area contributed by atoms with Crippen LogP contribution in [0.1, 0.15) is 20.3 Å². The summed E-state index contributed by atoms with van der Waals surface area (Å²) in [5.74, 6) is 0. The molecule has 0 aromatic carbocycles. The van der Waals surface area contributed by atoms with E-state index in [9.17, 15) is 0 Å². The molecule has 0 bridgehead atoms. The fourth-order valence-corrected chi connectivity index (χ4v) is 1.55. The number of likely N-dealkylation sites (tertiary alicyclic amines) is 1. The Balaban J connectivity index is 0.000001000. The quantitative estimate of drug-likeness (QED) is 0.482. The molecule has 0 N–H and O–H groups in total. The second kappa shape index (κ2) is 6.08. The maximum Gasteiger partial charge on any atom is 1.00 e. The molecule has 0 amide bonds. The minimum Gasteiger partial charge on any atom is -0.664 e. The molecule has 1 atom stereocenters. The van der Waals surface area contributed by atoms with E-state index in [0.29, 0.717) is 6.04 Å². The van der Waals surface area contributed by atoms with Crippen molar-refractivity contribution in [3.8, 4) is 0 Å². The third kappa shape index (κ3) is 3.42. The summed E-state index contributed by atoms with van der Waals surface area (Å²) >= 11 is 0. The van der Waals surface area contributed by atoms with Crippen LogP contribution in [-0.2, 0) is 0 Å². The predicted octanol–water partition coefficient (Wildman–Crippen LogP) is -1.52. The molecule has 1 heterocycles. The van der Waals surface area contributed by atoms with E-state index in [4.69, 9.17) is 0 Å². The molecule has 1 unspecified atom stereocenters. The van der Waals surface area contributed by atoms with Gasteiger partial charge in [0.25, 0.3) is 0 Å². The van der Waals surface area contributed by atoms with Crippen LogP contribution in [0.3, 0.4) is 0 Å². The van der Waals surface area contributed by atoms with Gasteiger partial charge < -0.3 is 5.32 Å². The number of likely N-dealkylation sites (N-methyl/N-ethyl adjacent to an activating group) is 1. The van der Waals surface area contributed by atoms with E-state index < -0.39 is 0 Å². The zero-order chi connectivity index (χ0) is 7.56. The van der Waals surface area contributed by atoms with E-state index in [1.54, 1.807) is 0 Å². The summed E-state index contributed by atoms with van der Waals surface area (Å²) in [5.41, 5.74) is 0. The van der Waals surface area contributed by atoms with Crippen molar-refractivity contribution in [1.82, 2.24) is 4.90 Å². The molecule has 1 saturated heterocycles. The first kappa shape index (κ1) is 12.6. The Hall–Kier alpha value is 1.56.